The third-order valence-corrected chi connectivity index (χ3v) is 7.51. The Balaban J connectivity index is 1.82. The van der Waals surface area contributed by atoms with Crippen LogP contribution in [-0.2, 0) is 14.8 Å². The highest BCUT2D eigenvalue weighted by Gasteiger charge is 2.28. The largest absolute Gasteiger partial charge is 0.465 e. The molecule has 0 saturated carbocycles. The molecule has 2 aromatic rings. The highest BCUT2D eigenvalue weighted by molar-refractivity contribution is 7.93. The number of rotatable bonds is 4. The zero-order valence-corrected chi connectivity index (χ0v) is 16.9. The Morgan fingerprint density at radius 2 is 1.85 bits per heavy atom. The molecule has 1 fully saturated rings. The van der Waals surface area contributed by atoms with Gasteiger partial charge < -0.3 is 10.1 Å². The number of benzene rings is 1. The van der Waals surface area contributed by atoms with Gasteiger partial charge in [0.05, 0.1) is 24.1 Å². The molecule has 1 saturated heterocycles. The van der Waals surface area contributed by atoms with Gasteiger partial charge in [-0.15, -0.1) is 11.3 Å². The number of nitrogens with zero attached hydrogens (tertiary/aromatic N) is 1. The first-order chi connectivity index (χ1) is 12.7. The van der Waals surface area contributed by atoms with Gasteiger partial charge in [0.25, 0.3) is 5.91 Å². The number of ether oxygens (including phenoxy) is 1. The molecule has 1 aromatic heterocycles. The van der Waals surface area contributed by atoms with Crippen LogP contribution < -0.4 is 9.62 Å². The summed E-state index contributed by atoms with van der Waals surface area (Å²) in [5.41, 5.74) is 2.04. The maximum Gasteiger partial charge on any atom is 0.341 e. The fraction of sp³-hybridized carbons (Fsp3) is 0.333. The predicted molar refractivity (Wildman–Crippen MR) is 105 cm³/mol. The summed E-state index contributed by atoms with van der Waals surface area (Å²) in [6.07, 6.45) is 0.595. The van der Waals surface area contributed by atoms with Crippen LogP contribution in [0.15, 0.2) is 24.3 Å². The minimum atomic E-state index is -3.26. The van der Waals surface area contributed by atoms with Crippen LogP contribution in [-0.4, -0.2) is 39.7 Å². The molecule has 1 aliphatic heterocycles. The molecule has 2 heterocycles. The van der Waals surface area contributed by atoms with E-state index in [0.29, 0.717) is 34.8 Å². The zero-order valence-electron chi connectivity index (χ0n) is 15.2. The van der Waals surface area contributed by atoms with Gasteiger partial charge in [-0.1, -0.05) is 0 Å². The Kier molecular flexibility index (Phi) is 5.25. The lowest BCUT2D eigenvalue weighted by molar-refractivity contribution is 0.0601. The van der Waals surface area contributed by atoms with Crippen molar-refractivity contribution in [1.82, 2.24) is 0 Å². The number of hydrogen-bond donors (Lipinski definition) is 1. The number of carbonyl (C=O) groups is 2. The summed E-state index contributed by atoms with van der Waals surface area (Å²) in [6.45, 7) is 4.12. The van der Waals surface area contributed by atoms with Crippen molar-refractivity contribution in [3.8, 4) is 0 Å². The van der Waals surface area contributed by atoms with Gasteiger partial charge in [0.15, 0.2) is 0 Å². The van der Waals surface area contributed by atoms with Crippen molar-refractivity contribution in [3.63, 3.8) is 0 Å². The number of anilines is 2. The van der Waals surface area contributed by atoms with Crippen LogP contribution >= 0.6 is 11.3 Å². The molecule has 0 unspecified atom stereocenters. The Morgan fingerprint density at radius 3 is 2.41 bits per heavy atom. The third-order valence-electron chi connectivity index (χ3n) is 4.52. The van der Waals surface area contributed by atoms with E-state index in [4.69, 9.17) is 4.74 Å². The lowest BCUT2D eigenvalue weighted by Crippen LogP contribution is -2.25. The second kappa shape index (κ2) is 7.32. The summed E-state index contributed by atoms with van der Waals surface area (Å²) in [6, 6.07) is 6.38. The van der Waals surface area contributed by atoms with E-state index in [2.05, 4.69) is 5.32 Å². The maximum absolute atomic E-state index is 12.6. The van der Waals surface area contributed by atoms with Crippen LogP contribution in [0.25, 0.3) is 0 Å². The minimum Gasteiger partial charge on any atom is -0.465 e. The molecule has 1 aliphatic rings. The smallest absolute Gasteiger partial charge is 0.341 e. The number of sulfonamides is 1. The second-order valence-corrected chi connectivity index (χ2v) is 9.46. The topological polar surface area (TPSA) is 92.8 Å². The van der Waals surface area contributed by atoms with Crippen molar-refractivity contribution in [2.24, 2.45) is 0 Å². The van der Waals surface area contributed by atoms with Gasteiger partial charge in [-0.2, -0.15) is 0 Å². The lowest BCUT2D eigenvalue weighted by atomic mass is 10.1. The Labute approximate surface area is 162 Å². The molecule has 0 aliphatic carbocycles. The van der Waals surface area contributed by atoms with Gasteiger partial charge in [0.1, 0.15) is 5.00 Å². The molecule has 0 bridgehead atoms. The first-order valence-electron chi connectivity index (χ1n) is 8.34. The third kappa shape index (κ3) is 3.70. The van der Waals surface area contributed by atoms with Gasteiger partial charge >= 0.3 is 5.97 Å². The molecule has 1 aromatic carbocycles. The van der Waals surface area contributed by atoms with E-state index in [1.165, 1.54) is 22.8 Å². The average molecular weight is 409 g/mol. The quantitative estimate of drug-likeness (QED) is 0.785. The summed E-state index contributed by atoms with van der Waals surface area (Å²) in [5.74, 6) is -0.734. The Hall–Kier alpha value is -2.39. The first kappa shape index (κ1) is 19.4. The molecule has 9 heteroatoms. The summed E-state index contributed by atoms with van der Waals surface area (Å²) >= 11 is 1.31. The fourth-order valence-corrected chi connectivity index (χ4v) is 5.55. The van der Waals surface area contributed by atoms with Crippen LogP contribution in [0.1, 0.15) is 37.6 Å². The summed E-state index contributed by atoms with van der Waals surface area (Å²) in [4.78, 5) is 25.5. The molecule has 0 atom stereocenters. The number of carbonyl (C=O) groups excluding carboxylic acids is 2. The molecule has 3 rings (SSSR count). The number of esters is 1. The molecule has 0 radical (unpaired) electrons. The van der Waals surface area contributed by atoms with Crippen LogP contribution in [0, 0.1) is 13.8 Å². The number of methoxy groups -OCH3 is 1. The average Bonchev–Trinajstić information content (AvgIpc) is 3.13. The molecule has 1 N–H and O–H groups in total. The van der Waals surface area contributed by atoms with Gasteiger partial charge in [-0.05, 0) is 50.1 Å². The van der Waals surface area contributed by atoms with E-state index >= 15 is 0 Å². The van der Waals surface area contributed by atoms with Gasteiger partial charge in [-0.25, -0.2) is 13.2 Å². The van der Waals surface area contributed by atoms with Crippen LogP contribution in [0.4, 0.5) is 10.7 Å². The van der Waals surface area contributed by atoms with E-state index in [0.717, 1.165) is 10.4 Å². The van der Waals surface area contributed by atoms with E-state index in [9.17, 15) is 18.0 Å². The number of nitrogens with one attached hydrogen (secondary N) is 1. The van der Waals surface area contributed by atoms with Gasteiger partial charge in [-0.3, -0.25) is 9.10 Å². The number of thiophene rings is 1. The van der Waals surface area contributed by atoms with E-state index in [-0.39, 0.29) is 11.7 Å². The highest BCUT2D eigenvalue weighted by Crippen LogP contribution is 2.33. The standard InChI is InChI=1S/C18H20N2O5S2/c1-11-12(2)26-17(15(11)18(22)25-3)19-16(21)13-5-7-14(8-6-13)20-9-4-10-27(20,23)24/h5-8H,4,9-10H2,1-3H3,(H,19,21). The molecule has 144 valence electrons. The van der Waals surface area contributed by atoms with Gasteiger partial charge in [0, 0.05) is 17.0 Å². The molecule has 27 heavy (non-hydrogen) atoms. The Morgan fingerprint density at radius 1 is 1.19 bits per heavy atom. The molecular formula is C18H20N2O5S2. The second-order valence-electron chi connectivity index (χ2n) is 6.22. The van der Waals surface area contributed by atoms with Crippen molar-refractivity contribution < 1.29 is 22.7 Å². The molecular weight excluding hydrogens is 388 g/mol. The highest BCUT2D eigenvalue weighted by atomic mass is 32.2. The van der Waals surface area contributed by atoms with Crippen molar-refractivity contribution in [2.45, 2.75) is 20.3 Å². The van der Waals surface area contributed by atoms with Crippen molar-refractivity contribution in [1.29, 1.82) is 0 Å². The number of amides is 1. The maximum atomic E-state index is 12.6. The lowest BCUT2D eigenvalue weighted by Gasteiger charge is -2.17. The zero-order chi connectivity index (χ0) is 19.8. The SMILES string of the molecule is COC(=O)c1c(NC(=O)c2ccc(N3CCCS3(=O)=O)cc2)sc(C)c1C. The number of hydrogen-bond acceptors (Lipinski definition) is 6. The van der Waals surface area contributed by atoms with Crippen molar-refractivity contribution in [3.05, 3.63) is 45.8 Å². The minimum absolute atomic E-state index is 0.141. The van der Waals surface area contributed by atoms with Gasteiger partial charge in [0.2, 0.25) is 10.0 Å². The predicted octanol–water partition coefficient (Wildman–Crippen LogP) is 2.94. The van der Waals surface area contributed by atoms with E-state index < -0.39 is 16.0 Å². The summed E-state index contributed by atoms with van der Waals surface area (Å²) in [7, 11) is -1.96. The van der Waals surface area contributed by atoms with Crippen LogP contribution in [0.3, 0.4) is 0 Å². The number of aryl methyl sites for hydroxylation is 1. The summed E-state index contributed by atoms with van der Waals surface area (Å²) in [5, 5.41) is 3.19. The Bertz CT molecular complexity index is 994. The van der Waals surface area contributed by atoms with Crippen molar-refractivity contribution >= 4 is 43.9 Å². The van der Waals surface area contributed by atoms with E-state index in [1.807, 2.05) is 6.92 Å². The summed E-state index contributed by atoms with van der Waals surface area (Å²) < 4.78 is 30.1. The normalized spacial score (nSPS) is 15.6. The van der Waals surface area contributed by atoms with Crippen LogP contribution in [0.2, 0.25) is 0 Å². The monoisotopic (exact) mass is 408 g/mol. The molecule has 1 amide bonds. The van der Waals surface area contributed by atoms with E-state index in [1.54, 1.807) is 31.2 Å². The fourth-order valence-electron chi connectivity index (χ4n) is 2.95. The molecule has 0 spiro atoms. The first-order valence-corrected chi connectivity index (χ1v) is 10.8. The molecule has 7 nitrogen and oxygen atoms in total. The van der Waals surface area contributed by atoms with Crippen molar-refractivity contribution in [2.75, 3.05) is 29.0 Å². The van der Waals surface area contributed by atoms with Crippen LogP contribution in [0.5, 0.6) is 0 Å².